The van der Waals surface area contributed by atoms with Gasteiger partial charge in [0.1, 0.15) is 37.3 Å². The van der Waals surface area contributed by atoms with Crippen molar-refractivity contribution < 1.29 is 28.7 Å². The van der Waals surface area contributed by atoms with Crippen LogP contribution < -0.4 is 0 Å². The number of carbonyl (C=O) groups is 2. The van der Waals surface area contributed by atoms with Gasteiger partial charge in [-0.2, -0.15) is 0 Å². The molecule has 1 aromatic carbocycles. The van der Waals surface area contributed by atoms with Gasteiger partial charge in [0.25, 0.3) is 5.70 Å². The fraction of sp³-hybridized carbons (Fsp3) is 0.368. The molecule has 0 saturated carbocycles. The van der Waals surface area contributed by atoms with E-state index in [-0.39, 0.29) is 37.8 Å². The molecule has 2 aliphatic rings. The van der Waals surface area contributed by atoms with Crippen molar-refractivity contribution in [2.45, 2.75) is 19.1 Å². The highest BCUT2D eigenvalue weighted by Gasteiger charge is 2.43. The molecule has 1 unspecified atom stereocenters. The van der Waals surface area contributed by atoms with E-state index < -0.39 is 22.8 Å². The van der Waals surface area contributed by atoms with Crippen LogP contribution in [0.15, 0.2) is 53.6 Å². The van der Waals surface area contributed by atoms with Crippen LogP contribution in [0.1, 0.15) is 12.0 Å². The Bertz CT molecular complexity index is 819. The quantitative estimate of drug-likeness (QED) is 0.397. The molecule has 9 heteroatoms. The molecule has 1 saturated heterocycles. The van der Waals surface area contributed by atoms with Crippen LogP contribution in [0.2, 0.25) is 0 Å². The Hall–Kier alpha value is -3.20. The molecule has 2 atom stereocenters. The van der Waals surface area contributed by atoms with Gasteiger partial charge in [-0.1, -0.05) is 30.3 Å². The third-order valence-electron chi connectivity index (χ3n) is 4.65. The lowest BCUT2D eigenvalue weighted by Crippen LogP contribution is -2.43. The Morgan fingerprint density at radius 3 is 2.79 bits per heavy atom. The van der Waals surface area contributed by atoms with Crippen molar-refractivity contribution in [1.29, 1.82) is 0 Å². The van der Waals surface area contributed by atoms with Crippen molar-refractivity contribution in [3.8, 4) is 0 Å². The average Bonchev–Trinajstić information content (AvgIpc) is 3.20. The number of amides is 1. The van der Waals surface area contributed by atoms with Gasteiger partial charge in [-0.3, -0.25) is 14.9 Å². The fourth-order valence-corrected chi connectivity index (χ4v) is 3.14. The van der Waals surface area contributed by atoms with E-state index in [1.54, 1.807) is 0 Å². The summed E-state index contributed by atoms with van der Waals surface area (Å²) in [6, 6.07) is 8.59. The van der Waals surface area contributed by atoms with E-state index in [4.69, 9.17) is 14.2 Å². The number of rotatable bonds is 7. The maximum Gasteiger partial charge on any atom is 0.262 e. The van der Waals surface area contributed by atoms with Gasteiger partial charge in [0.05, 0.1) is 24.7 Å². The first kappa shape index (κ1) is 19.6. The normalized spacial score (nSPS) is 21.9. The van der Waals surface area contributed by atoms with Crippen LogP contribution in [0.25, 0.3) is 0 Å². The molecule has 1 amide bonds. The van der Waals surface area contributed by atoms with Gasteiger partial charge >= 0.3 is 0 Å². The van der Waals surface area contributed by atoms with Crippen LogP contribution in [0.3, 0.4) is 0 Å². The van der Waals surface area contributed by atoms with Gasteiger partial charge < -0.3 is 23.9 Å². The number of benzene rings is 1. The van der Waals surface area contributed by atoms with Crippen LogP contribution in [0, 0.1) is 16.0 Å². The molecule has 28 heavy (non-hydrogen) atoms. The van der Waals surface area contributed by atoms with E-state index in [0.717, 1.165) is 5.56 Å². The highest BCUT2D eigenvalue weighted by atomic mass is 16.6. The summed E-state index contributed by atoms with van der Waals surface area (Å²) in [7, 11) is 1.42. The Morgan fingerprint density at radius 2 is 2.14 bits per heavy atom. The minimum Gasteiger partial charge on any atom is -0.497 e. The monoisotopic (exact) mass is 388 g/mol. The van der Waals surface area contributed by atoms with Crippen LogP contribution in [-0.4, -0.2) is 48.5 Å². The van der Waals surface area contributed by atoms with Gasteiger partial charge in [-0.05, 0) is 5.56 Å². The van der Waals surface area contributed by atoms with E-state index >= 15 is 0 Å². The van der Waals surface area contributed by atoms with E-state index in [1.165, 1.54) is 18.1 Å². The fourth-order valence-electron chi connectivity index (χ4n) is 3.14. The van der Waals surface area contributed by atoms with E-state index in [2.05, 4.69) is 0 Å². The first-order valence-electron chi connectivity index (χ1n) is 8.68. The molecule has 1 aliphatic carbocycles. The number of allylic oxidation sites excluding steroid dienone is 2. The van der Waals surface area contributed by atoms with Crippen molar-refractivity contribution >= 4 is 12.2 Å². The lowest BCUT2D eigenvalue weighted by molar-refractivity contribution is -0.432. The zero-order valence-electron chi connectivity index (χ0n) is 15.3. The summed E-state index contributed by atoms with van der Waals surface area (Å²) < 4.78 is 16.2. The number of nitro groups is 1. The number of methoxy groups -OCH3 is 1. The van der Waals surface area contributed by atoms with Crippen LogP contribution >= 0.6 is 0 Å². The molecular weight excluding hydrogens is 368 g/mol. The van der Waals surface area contributed by atoms with Crippen molar-refractivity contribution in [3.05, 3.63) is 69.3 Å². The Balaban J connectivity index is 1.83. The van der Waals surface area contributed by atoms with Crippen LogP contribution in [-0.2, 0) is 30.4 Å². The predicted octanol–water partition coefficient (Wildman–Crippen LogP) is 1.63. The molecule has 0 bridgehead atoms. The van der Waals surface area contributed by atoms with Gasteiger partial charge in [0.15, 0.2) is 5.76 Å². The third-order valence-corrected chi connectivity index (χ3v) is 4.65. The molecule has 0 N–H and O–H groups in total. The molecule has 1 heterocycles. The van der Waals surface area contributed by atoms with Crippen LogP contribution in [0.4, 0.5) is 0 Å². The molecule has 1 aromatic rings. The molecule has 0 spiro atoms. The standard InChI is InChI=1S/C19H20N2O7/c1-26-17-7-15(19(23)20-12-27-11-14(20)9-22)16(21(24)25)8-18(17)28-10-13-5-3-2-4-6-13/h2-6,8-9,14-15H,7,10-12H2,1H3/t14-,15?/m1/s1. The number of carbonyl (C=O) groups excluding carboxylic acids is 2. The number of ether oxygens (including phenoxy) is 3. The van der Waals surface area contributed by atoms with Crippen LogP contribution in [0.5, 0.6) is 0 Å². The van der Waals surface area contributed by atoms with Gasteiger partial charge in [0, 0.05) is 6.42 Å². The van der Waals surface area contributed by atoms with Crippen molar-refractivity contribution in [3.63, 3.8) is 0 Å². The summed E-state index contributed by atoms with van der Waals surface area (Å²) in [5.74, 6) is -1.08. The topological polar surface area (TPSA) is 108 Å². The molecule has 9 nitrogen and oxygen atoms in total. The minimum absolute atomic E-state index is 0.0334. The van der Waals surface area contributed by atoms with Crippen molar-refractivity contribution in [2.24, 2.45) is 5.92 Å². The predicted molar refractivity (Wildman–Crippen MR) is 96.0 cm³/mol. The van der Waals surface area contributed by atoms with Gasteiger partial charge in [-0.25, -0.2) is 0 Å². The Morgan fingerprint density at radius 1 is 1.39 bits per heavy atom. The molecule has 148 valence electrons. The molecule has 0 aromatic heterocycles. The molecule has 1 aliphatic heterocycles. The second-order valence-corrected chi connectivity index (χ2v) is 6.36. The average molecular weight is 388 g/mol. The van der Waals surface area contributed by atoms with Crippen molar-refractivity contribution in [2.75, 3.05) is 20.4 Å². The first-order valence-corrected chi connectivity index (χ1v) is 8.68. The summed E-state index contributed by atoms with van der Waals surface area (Å²) in [6.07, 6.45) is 1.79. The molecule has 1 fully saturated rings. The van der Waals surface area contributed by atoms with E-state index in [1.807, 2.05) is 30.3 Å². The number of hydrogen-bond acceptors (Lipinski definition) is 7. The Labute approximate surface area is 161 Å². The number of aldehydes is 1. The zero-order chi connectivity index (χ0) is 20.1. The van der Waals surface area contributed by atoms with E-state index in [0.29, 0.717) is 12.0 Å². The summed E-state index contributed by atoms with van der Waals surface area (Å²) in [6.45, 7) is 0.210. The molecule has 0 radical (unpaired) electrons. The number of nitrogens with zero attached hydrogens (tertiary/aromatic N) is 2. The third kappa shape index (κ3) is 4.04. The second kappa shape index (κ2) is 8.66. The second-order valence-electron chi connectivity index (χ2n) is 6.36. The summed E-state index contributed by atoms with van der Waals surface area (Å²) in [5.41, 5.74) is 0.591. The summed E-state index contributed by atoms with van der Waals surface area (Å²) in [4.78, 5) is 36.2. The first-order chi connectivity index (χ1) is 13.5. The smallest absolute Gasteiger partial charge is 0.262 e. The summed E-state index contributed by atoms with van der Waals surface area (Å²) >= 11 is 0. The highest BCUT2D eigenvalue weighted by Crippen LogP contribution is 2.33. The Kier molecular flexibility index (Phi) is 6.05. The van der Waals surface area contributed by atoms with Gasteiger partial charge in [-0.15, -0.1) is 0 Å². The maximum atomic E-state index is 12.9. The maximum absolute atomic E-state index is 12.9. The lowest BCUT2D eigenvalue weighted by atomic mass is 9.93. The SMILES string of the molecule is COC1=C(OCc2ccccc2)C=C([N+](=O)[O-])C(C(=O)N2COC[C@H]2C=O)C1. The zero-order valence-corrected chi connectivity index (χ0v) is 15.3. The molecule has 3 rings (SSSR count). The lowest BCUT2D eigenvalue weighted by Gasteiger charge is -2.26. The summed E-state index contributed by atoms with van der Waals surface area (Å²) in [5, 5.41) is 11.6. The largest absolute Gasteiger partial charge is 0.497 e. The number of hydrogen-bond donors (Lipinski definition) is 0. The minimum atomic E-state index is -1.09. The van der Waals surface area contributed by atoms with E-state index in [9.17, 15) is 19.7 Å². The highest BCUT2D eigenvalue weighted by molar-refractivity contribution is 5.85. The van der Waals surface area contributed by atoms with Gasteiger partial charge in [0.2, 0.25) is 5.91 Å². The molecular formula is C19H20N2O7. The van der Waals surface area contributed by atoms with Crippen molar-refractivity contribution in [1.82, 2.24) is 4.90 Å².